The van der Waals surface area contributed by atoms with Gasteiger partial charge in [0, 0.05) is 12.2 Å². The highest BCUT2D eigenvalue weighted by molar-refractivity contribution is 5.91. The van der Waals surface area contributed by atoms with Crippen LogP contribution in [-0.4, -0.2) is 25.8 Å². The number of rotatable bonds is 3. The number of nitrogens with two attached hydrogens (primary N) is 1. The summed E-state index contributed by atoms with van der Waals surface area (Å²) >= 11 is 0. The SMILES string of the molecule is COC(=O)/C=C/C(=O)OCN. The number of hydrogen-bond acceptors (Lipinski definition) is 5. The standard InChI is InChI=1S/C6H9NO4/c1-10-5(8)2-3-6(9)11-4-7/h2-3H,4,7H2,1H3/b3-2+. The van der Waals surface area contributed by atoms with Gasteiger partial charge in [-0.3, -0.25) is 5.73 Å². The molecule has 62 valence electrons. The summed E-state index contributed by atoms with van der Waals surface area (Å²) in [5, 5.41) is 0. The molecule has 0 heterocycles. The van der Waals surface area contributed by atoms with Gasteiger partial charge in [0.15, 0.2) is 0 Å². The Bertz CT molecular complexity index is 175. The second kappa shape index (κ2) is 5.43. The summed E-state index contributed by atoms with van der Waals surface area (Å²) in [6, 6.07) is 0. The van der Waals surface area contributed by atoms with Crippen molar-refractivity contribution in [2.75, 3.05) is 13.8 Å². The zero-order chi connectivity index (χ0) is 8.69. The Morgan fingerprint density at radius 1 is 1.36 bits per heavy atom. The summed E-state index contributed by atoms with van der Waals surface area (Å²) in [6.45, 7) is -0.204. The van der Waals surface area contributed by atoms with Gasteiger partial charge in [-0.05, 0) is 0 Å². The molecule has 0 radical (unpaired) electrons. The first-order chi connectivity index (χ1) is 5.20. The lowest BCUT2D eigenvalue weighted by Crippen LogP contribution is -2.10. The predicted octanol–water partition coefficient (Wildman–Crippen LogP) is -0.825. The third-order valence-corrected chi connectivity index (χ3v) is 0.782. The van der Waals surface area contributed by atoms with Gasteiger partial charge in [0.05, 0.1) is 7.11 Å². The summed E-state index contributed by atoms with van der Waals surface area (Å²) in [5.41, 5.74) is 4.88. The minimum absolute atomic E-state index is 0.204. The lowest BCUT2D eigenvalue weighted by molar-refractivity contribution is -0.139. The molecule has 0 amide bonds. The van der Waals surface area contributed by atoms with Crippen molar-refractivity contribution >= 4 is 11.9 Å². The second-order valence-electron chi connectivity index (χ2n) is 1.49. The first-order valence-electron chi connectivity index (χ1n) is 2.83. The smallest absolute Gasteiger partial charge is 0.332 e. The fourth-order valence-electron chi connectivity index (χ4n) is 0.334. The largest absolute Gasteiger partial charge is 0.466 e. The molecule has 0 fully saturated rings. The van der Waals surface area contributed by atoms with Crippen molar-refractivity contribution in [1.29, 1.82) is 0 Å². The zero-order valence-corrected chi connectivity index (χ0v) is 6.07. The molecular formula is C6H9NO4. The van der Waals surface area contributed by atoms with E-state index in [9.17, 15) is 9.59 Å². The van der Waals surface area contributed by atoms with Crippen LogP contribution >= 0.6 is 0 Å². The Morgan fingerprint density at radius 3 is 2.36 bits per heavy atom. The molecule has 0 aromatic carbocycles. The van der Waals surface area contributed by atoms with Gasteiger partial charge in [-0.25, -0.2) is 9.59 Å². The number of hydrogen-bond donors (Lipinski definition) is 1. The summed E-state index contributed by atoms with van der Waals surface area (Å²) in [6.07, 6.45) is 1.90. The molecule has 5 nitrogen and oxygen atoms in total. The number of carbonyl (C=O) groups is 2. The van der Waals surface area contributed by atoms with Crippen molar-refractivity contribution < 1.29 is 19.1 Å². The van der Waals surface area contributed by atoms with Gasteiger partial charge in [-0.2, -0.15) is 0 Å². The molecule has 0 saturated carbocycles. The van der Waals surface area contributed by atoms with E-state index < -0.39 is 11.9 Å². The van der Waals surface area contributed by atoms with E-state index in [-0.39, 0.29) is 6.73 Å². The van der Waals surface area contributed by atoms with E-state index in [4.69, 9.17) is 5.73 Å². The van der Waals surface area contributed by atoms with E-state index in [0.29, 0.717) is 0 Å². The lowest BCUT2D eigenvalue weighted by Gasteiger charge is -1.93. The normalized spacial score (nSPS) is 9.64. The van der Waals surface area contributed by atoms with Crippen LogP contribution in [0.4, 0.5) is 0 Å². The molecule has 0 aliphatic rings. The Kier molecular flexibility index (Phi) is 4.76. The van der Waals surface area contributed by atoms with Gasteiger partial charge in [0.1, 0.15) is 6.73 Å². The lowest BCUT2D eigenvalue weighted by atomic mass is 10.5. The molecule has 0 aromatic rings. The maximum atomic E-state index is 10.5. The number of carbonyl (C=O) groups excluding carboxylic acids is 2. The van der Waals surface area contributed by atoms with Crippen molar-refractivity contribution in [3.63, 3.8) is 0 Å². The number of methoxy groups -OCH3 is 1. The maximum Gasteiger partial charge on any atom is 0.332 e. The highest BCUT2D eigenvalue weighted by atomic mass is 16.5. The van der Waals surface area contributed by atoms with E-state index in [1.54, 1.807) is 0 Å². The molecule has 0 unspecified atom stereocenters. The first-order valence-corrected chi connectivity index (χ1v) is 2.83. The van der Waals surface area contributed by atoms with Crippen LogP contribution in [-0.2, 0) is 19.1 Å². The van der Waals surface area contributed by atoms with Crippen molar-refractivity contribution in [3.05, 3.63) is 12.2 Å². The molecule has 5 heteroatoms. The van der Waals surface area contributed by atoms with Crippen LogP contribution in [0.1, 0.15) is 0 Å². The minimum Gasteiger partial charge on any atom is -0.466 e. The van der Waals surface area contributed by atoms with Crippen LogP contribution in [0.2, 0.25) is 0 Å². The molecule has 0 atom stereocenters. The van der Waals surface area contributed by atoms with Crippen molar-refractivity contribution in [2.24, 2.45) is 5.73 Å². The van der Waals surface area contributed by atoms with E-state index >= 15 is 0 Å². The second-order valence-corrected chi connectivity index (χ2v) is 1.49. The average Bonchev–Trinajstić information content (AvgIpc) is 2.01. The van der Waals surface area contributed by atoms with Crippen LogP contribution in [0.25, 0.3) is 0 Å². The minimum atomic E-state index is -0.669. The highest BCUT2D eigenvalue weighted by Gasteiger charge is 1.96. The first kappa shape index (κ1) is 9.64. The molecule has 0 spiro atoms. The third-order valence-electron chi connectivity index (χ3n) is 0.782. The van der Waals surface area contributed by atoms with Crippen LogP contribution in [0.5, 0.6) is 0 Å². The Hall–Kier alpha value is -1.36. The van der Waals surface area contributed by atoms with E-state index in [1.165, 1.54) is 7.11 Å². The van der Waals surface area contributed by atoms with Crippen LogP contribution < -0.4 is 5.73 Å². The van der Waals surface area contributed by atoms with Crippen LogP contribution in [0.3, 0.4) is 0 Å². The number of ether oxygens (including phenoxy) is 2. The summed E-state index contributed by atoms with van der Waals surface area (Å²) < 4.78 is 8.50. The molecule has 0 aliphatic carbocycles. The van der Waals surface area contributed by atoms with Crippen molar-refractivity contribution in [2.45, 2.75) is 0 Å². The highest BCUT2D eigenvalue weighted by Crippen LogP contribution is 1.81. The van der Waals surface area contributed by atoms with Gasteiger partial charge in [-0.15, -0.1) is 0 Å². The molecule has 2 N–H and O–H groups in total. The molecule has 0 saturated heterocycles. The molecule has 0 bridgehead atoms. The summed E-state index contributed by atoms with van der Waals surface area (Å²) in [7, 11) is 1.21. The van der Waals surface area contributed by atoms with Gasteiger partial charge >= 0.3 is 11.9 Å². The maximum absolute atomic E-state index is 10.5. The van der Waals surface area contributed by atoms with Crippen LogP contribution in [0, 0.1) is 0 Å². The molecule has 11 heavy (non-hydrogen) atoms. The molecule has 0 aliphatic heterocycles. The Morgan fingerprint density at radius 2 is 1.91 bits per heavy atom. The zero-order valence-electron chi connectivity index (χ0n) is 6.07. The van der Waals surface area contributed by atoms with E-state index in [1.807, 2.05) is 0 Å². The van der Waals surface area contributed by atoms with Gasteiger partial charge < -0.3 is 9.47 Å². The molecule has 0 aromatic heterocycles. The quantitative estimate of drug-likeness (QED) is 0.330. The Labute approximate surface area is 63.8 Å². The van der Waals surface area contributed by atoms with E-state index in [0.717, 1.165) is 12.2 Å². The van der Waals surface area contributed by atoms with Gasteiger partial charge in [0.2, 0.25) is 0 Å². The van der Waals surface area contributed by atoms with Gasteiger partial charge in [-0.1, -0.05) is 0 Å². The topological polar surface area (TPSA) is 78.6 Å². The molecular weight excluding hydrogens is 150 g/mol. The summed E-state index contributed by atoms with van der Waals surface area (Å²) in [4.78, 5) is 20.8. The average molecular weight is 159 g/mol. The predicted molar refractivity (Wildman–Crippen MR) is 36.3 cm³/mol. The number of esters is 2. The fourth-order valence-corrected chi connectivity index (χ4v) is 0.334. The summed E-state index contributed by atoms with van der Waals surface area (Å²) in [5.74, 6) is -1.28. The van der Waals surface area contributed by atoms with Crippen LogP contribution in [0.15, 0.2) is 12.2 Å². The molecule has 0 rings (SSSR count). The van der Waals surface area contributed by atoms with E-state index in [2.05, 4.69) is 9.47 Å². The van der Waals surface area contributed by atoms with Crippen molar-refractivity contribution in [3.8, 4) is 0 Å². The monoisotopic (exact) mass is 159 g/mol. The van der Waals surface area contributed by atoms with Crippen molar-refractivity contribution in [1.82, 2.24) is 0 Å². The fraction of sp³-hybridized carbons (Fsp3) is 0.333. The third kappa shape index (κ3) is 5.10. The Balaban J connectivity index is 3.73. The van der Waals surface area contributed by atoms with Gasteiger partial charge in [0.25, 0.3) is 0 Å².